The Balaban J connectivity index is 1.98. The van der Waals surface area contributed by atoms with E-state index in [2.05, 4.69) is 15.2 Å². The molecule has 1 aliphatic heterocycles. The monoisotopic (exact) mass is 378 g/mol. The Bertz CT molecular complexity index is 992. The van der Waals surface area contributed by atoms with Gasteiger partial charge in [-0.25, -0.2) is 0 Å². The van der Waals surface area contributed by atoms with Crippen molar-refractivity contribution in [2.45, 2.75) is 19.9 Å². The lowest BCUT2D eigenvalue weighted by atomic mass is 9.96. The average Bonchev–Trinajstić information content (AvgIpc) is 3.20. The molecular formula is C17H16Cl2N4O2. The number of benzene rings is 1. The fourth-order valence-corrected chi connectivity index (χ4v) is 3.89. The lowest BCUT2D eigenvalue weighted by Gasteiger charge is -2.26. The van der Waals surface area contributed by atoms with Gasteiger partial charge in [-0.1, -0.05) is 23.2 Å². The average molecular weight is 379 g/mol. The topological polar surface area (TPSA) is 85.0 Å². The lowest BCUT2D eigenvalue weighted by Crippen LogP contribution is -2.37. The summed E-state index contributed by atoms with van der Waals surface area (Å²) in [5.74, 6) is -0.277. The second-order valence-corrected chi connectivity index (χ2v) is 6.97. The van der Waals surface area contributed by atoms with Crippen molar-refractivity contribution in [1.82, 2.24) is 20.1 Å². The smallest absolute Gasteiger partial charge is 0.248 e. The van der Waals surface area contributed by atoms with Crippen molar-refractivity contribution in [3.05, 3.63) is 39.3 Å². The number of halogens is 2. The number of carbonyl (C=O) groups is 1. The molecule has 0 saturated carbocycles. The van der Waals surface area contributed by atoms with Crippen LogP contribution in [0.3, 0.4) is 0 Å². The number of amides is 1. The summed E-state index contributed by atoms with van der Waals surface area (Å²) in [6.07, 6.45) is 2.43. The van der Waals surface area contributed by atoms with Crippen LogP contribution in [0.1, 0.15) is 17.0 Å². The van der Waals surface area contributed by atoms with Crippen LogP contribution in [0.2, 0.25) is 10.0 Å². The highest BCUT2D eigenvalue weighted by Gasteiger charge is 2.27. The van der Waals surface area contributed by atoms with Gasteiger partial charge in [-0.05, 0) is 18.6 Å². The van der Waals surface area contributed by atoms with Crippen LogP contribution in [0, 0.1) is 6.92 Å². The lowest BCUT2D eigenvalue weighted by molar-refractivity contribution is -0.135. The Labute approximate surface area is 153 Å². The third kappa shape index (κ3) is 2.52. The van der Waals surface area contributed by atoms with Crippen molar-refractivity contribution in [2.75, 3.05) is 13.2 Å². The van der Waals surface area contributed by atoms with Gasteiger partial charge in [0.15, 0.2) is 0 Å². The Morgan fingerprint density at radius 1 is 1.40 bits per heavy atom. The van der Waals surface area contributed by atoms with Gasteiger partial charge in [0.1, 0.15) is 6.61 Å². The number of carbonyl (C=O) groups excluding carboxylic acids is 1. The highest BCUT2D eigenvalue weighted by atomic mass is 35.5. The third-order valence-corrected chi connectivity index (χ3v) is 5.54. The van der Waals surface area contributed by atoms with Crippen LogP contribution in [0.25, 0.3) is 22.0 Å². The van der Waals surface area contributed by atoms with E-state index in [1.54, 1.807) is 11.1 Å². The number of nitrogens with one attached hydrogen (secondary N) is 2. The molecule has 1 aromatic carbocycles. The molecule has 3 N–H and O–H groups in total. The summed E-state index contributed by atoms with van der Waals surface area (Å²) in [6.45, 7) is 2.44. The molecule has 6 nitrogen and oxygen atoms in total. The zero-order chi connectivity index (χ0) is 17.7. The van der Waals surface area contributed by atoms with Gasteiger partial charge >= 0.3 is 0 Å². The molecule has 0 atom stereocenters. The predicted molar refractivity (Wildman–Crippen MR) is 96.8 cm³/mol. The molecule has 3 heterocycles. The van der Waals surface area contributed by atoms with Gasteiger partial charge in [-0.2, -0.15) is 5.10 Å². The first kappa shape index (κ1) is 16.4. The SMILES string of the molecule is Cc1[nH]ncc1-c1cc(Cl)c(Cl)c2[nH]c3c(c12)CN(C(=O)CO)CC3. The zero-order valence-corrected chi connectivity index (χ0v) is 15.0. The van der Waals surface area contributed by atoms with E-state index in [1.807, 2.05) is 13.0 Å². The van der Waals surface area contributed by atoms with E-state index >= 15 is 0 Å². The largest absolute Gasteiger partial charge is 0.387 e. The predicted octanol–water partition coefficient (Wildman–Crippen LogP) is 3.05. The maximum atomic E-state index is 11.9. The van der Waals surface area contributed by atoms with Crippen LogP contribution in [0.5, 0.6) is 0 Å². The summed E-state index contributed by atoms with van der Waals surface area (Å²) in [4.78, 5) is 17.0. The molecule has 1 amide bonds. The second kappa shape index (κ2) is 6.05. The standard InChI is InChI=1S/C17H16Cl2N4O2/c1-8-10(5-20-22-8)9-4-12(18)16(19)17-15(9)11-6-23(14(25)7-24)3-2-13(11)21-17/h4-5,21,24H,2-3,6-7H2,1H3,(H,20,22). The number of nitrogens with zero attached hydrogens (tertiary/aromatic N) is 2. The molecule has 0 fully saturated rings. The van der Waals surface area contributed by atoms with Crippen LogP contribution in [-0.4, -0.2) is 44.2 Å². The molecule has 2 aromatic heterocycles. The van der Waals surface area contributed by atoms with Gasteiger partial charge in [0.2, 0.25) is 5.91 Å². The number of aromatic nitrogens is 3. The van der Waals surface area contributed by atoms with Crippen molar-refractivity contribution in [3.63, 3.8) is 0 Å². The maximum Gasteiger partial charge on any atom is 0.248 e. The van der Waals surface area contributed by atoms with Gasteiger partial charge < -0.3 is 15.0 Å². The van der Waals surface area contributed by atoms with E-state index in [0.717, 1.165) is 39.0 Å². The minimum absolute atomic E-state index is 0.277. The maximum absolute atomic E-state index is 11.9. The van der Waals surface area contributed by atoms with Crippen molar-refractivity contribution in [3.8, 4) is 11.1 Å². The normalized spacial score (nSPS) is 14.2. The van der Waals surface area contributed by atoms with Crippen LogP contribution in [0.4, 0.5) is 0 Å². The van der Waals surface area contributed by atoms with Crippen molar-refractivity contribution < 1.29 is 9.90 Å². The Hall–Kier alpha value is -2.02. The first-order valence-corrected chi connectivity index (χ1v) is 8.67. The van der Waals surface area contributed by atoms with Crippen molar-refractivity contribution in [2.24, 2.45) is 0 Å². The summed E-state index contributed by atoms with van der Waals surface area (Å²) in [7, 11) is 0. The molecule has 4 rings (SSSR count). The molecule has 8 heteroatoms. The van der Waals surface area contributed by atoms with Crippen LogP contribution >= 0.6 is 23.2 Å². The molecule has 130 valence electrons. The first-order chi connectivity index (χ1) is 12.0. The van der Waals surface area contributed by atoms with E-state index in [4.69, 9.17) is 23.2 Å². The Morgan fingerprint density at radius 3 is 2.88 bits per heavy atom. The molecule has 0 spiro atoms. The van der Waals surface area contributed by atoms with Gasteiger partial charge in [-0.3, -0.25) is 9.89 Å². The van der Waals surface area contributed by atoms with Crippen LogP contribution in [0.15, 0.2) is 12.3 Å². The Morgan fingerprint density at radius 2 is 2.20 bits per heavy atom. The van der Waals surface area contributed by atoms with E-state index in [9.17, 15) is 9.90 Å². The highest BCUT2D eigenvalue weighted by molar-refractivity contribution is 6.45. The number of hydrogen-bond donors (Lipinski definition) is 3. The Kier molecular flexibility index (Phi) is 3.98. The van der Waals surface area contributed by atoms with Crippen molar-refractivity contribution in [1.29, 1.82) is 0 Å². The molecule has 0 saturated heterocycles. The van der Waals surface area contributed by atoms with Gasteiger partial charge in [0.25, 0.3) is 0 Å². The number of aliphatic hydroxyl groups excluding tert-OH is 1. The fourth-order valence-electron chi connectivity index (χ4n) is 3.49. The zero-order valence-electron chi connectivity index (χ0n) is 13.5. The molecular weight excluding hydrogens is 363 g/mol. The molecule has 3 aromatic rings. The van der Waals surface area contributed by atoms with Gasteiger partial charge in [0, 0.05) is 47.4 Å². The quantitative estimate of drug-likeness (QED) is 0.640. The molecule has 0 radical (unpaired) electrons. The summed E-state index contributed by atoms with van der Waals surface area (Å²) >= 11 is 12.8. The van der Waals surface area contributed by atoms with E-state index in [-0.39, 0.29) is 5.91 Å². The number of fused-ring (bicyclic) bond motifs is 3. The summed E-state index contributed by atoms with van der Waals surface area (Å²) in [6, 6.07) is 1.84. The first-order valence-electron chi connectivity index (χ1n) is 7.91. The second-order valence-electron chi connectivity index (χ2n) is 6.18. The van der Waals surface area contributed by atoms with E-state index in [0.29, 0.717) is 29.6 Å². The van der Waals surface area contributed by atoms with Gasteiger partial charge in [-0.15, -0.1) is 0 Å². The number of aryl methyl sites for hydroxylation is 1. The molecule has 1 aliphatic rings. The number of rotatable bonds is 2. The summed E-state index contributed by atoms with van der Waals surface area (Å²) in [5.41, 5.74) is 5.62. The molecule has 0 bridgehead atoms. The minimum atomic E-state index is -0.488. The summed E-state index contributed by atoms with van der Waals surface area (Å²) in [5, 5.41) is 18.1. The molecule has 25 heavy (non-hydrogen) atoms. The number of aromatic amines is 2. The molecule has 0 unspecified atom stereocenters. The number of hydrogen-bond acceptors (Lipinski definition) is 3. The van der Waals surface area contributed by atoms with E-state index < -0.39 is 6.61 Å². The van der Waals surface area contributed by atoms with Crippen molar-refractivity contribution >= 4 is 40.0 Å². The van der Waals surface area contributed by atoms with E-state index in [1.165, 1.54) is 0 Å². The highest BCUT2D eigenvalue weighted by Crippen LogP contribution is 2.42. The fraction of sp³-hybridized carbons (Fsp3) is 0.294. The number of H-pyrrole nitrogens is 2. The molecule has 0 aliphatic carbocycles. The summed E-state index contributed by atoms with van der Waals surface area (Å²) < 4.78 is 0. The minimum Gasteiger partial charge on any atom is -0.387 e. The van der Waals surface area contributed by atoms with Crippen LogP contribution in [-0.2, 0) is 17.8 Å². The van der Waals surface area contributed by atoms with Crippen LogP contribution < -0.4 is 0 Å². The third-order valence-electron chi connectivity index (χ3n) is 4.75. The number of aliphatic hydroxyl groups is 1. The van der Waals surface area contributed by atoms with Gasteiger partial charge in [0.05, 0.1) is 21.8 Å².